The Bertz CT molecular complexity index is 1540. The summed E-state index contributed by atoms with van der Waals surface area (Å²) >= 11 is 0. The van der Waals surface area contributed by atoms with E-state index in [1.165, 1.54) is 6.92 Å². The molecule has 0 saturated heterocycles. The molecule has 5 aromatic heterocycles. The Morgan fingerprint density at radius 3 is 1.12 bits per heavy atom. The van der Waals surface area contributed by atoms with Gasteiger partial charge in [0, 0.05) is 77.9 Å². The molecule has 52 heavy (non-hydrogen) atoms. The van der Waals surface area contributed by atoms with Gasteiger partial charge in [-0.2, -0.15) is 0 Å². The van der Waals surface area contributed by atoms with Crippen LogP contribution in [0.4, 0.5) is 0 Å². The average molecular weight is 717 g/mol. The fraction of sp³-hybridized carbons (Fsp3) is 0.194. The third kappa shape index (κ3) is 25.7. The number of aldehydes is 1. The van der Waals surface area contributed by atoms with Crippen LogP contribution < -0.4 is 35.3 Å². The normalized spacial score (nSPS) is 9.12. The predicted octanol–water partition coefficient (Wildman–Crippen LogP) is 1.17. The topological polar surface area (TPSA) is 190 Å². The molecule has 5 heterocycles. The Morgan fingerprint density at radius 2 is 0.923 bits per heavy atom. The first kappa shape index (κ1) is 46.8. The quantitative estimate of drug-likeness (QED) is 0.104. The van der Waals surface area contributed by atoms with Crippen molar-refractivity contribution < 1.29 is 63.2 Å². The van der Waals surface area contributed by atoms with E-state index in [4.69, 9.17) is 5.73 Å². The van der Waals surface area contributed by atoms with Gasteiger partial charge in [-0.3, -0.25) is 39.4 Å². The monoisotopic (exact) mass is 716 g/mol. The van der Waals surface area contributed by atoms with Gasteiger partial charge in [-0.25, -0.2) is 19.4 Å². The standard InChI is InChI=1S/C18H18N4.C6H8N2.C6H5NO.C4H6O4.C2H3BO2.Na/c1-4-10-19-16(7-1)13-22(14-17-8-2-5-11-20-17)15-18-9-3-6-12-21-18;7-5-6-3-1-2-4-8-6;8-5-6-3-1-2-4-7-6;1-3(5)7-8-4(2)6;1-2(4)5-3;/h1-12H,13-15H2;1-4H,5,7H2;1-5H;1-2H3;1H3;/q;;;;-1;+1. The summed E-state index contributed by atoms with van der Waals surface area (Å²) in [6, 6.07) is 28.9. The number of pyridine rings is 5. The van der Waals surface area contributed by atoms with Crippen LogP contribution in [0.5, 0.6) is 0 Å². The van der Waals surface area contributed by atoms with Crippen molar-refractivity contribution >= 4 is 32.2 Å². The van der Waals surface area contributed by atoms with Crippen LogP contribution in [0.15, 0.2) is 122 Å². The van der Waals surface area contributed by atoms with Gasteiger partial charge in [0.05, 0.1) is 22.8 Å². The molecule has 0 amide bonds. The summed E-state index contributed by atoms with van der Waals surface area (Å²) in [7, 11) is 4.32. The molecule has 0 unspecified atom stereocenters. The zero-order valence-corrected chi connectivity index (χ0v) is 31.6. The molecule has 2 N–H and O–H groups in total. The van der Waals surface area contributed by atoms with Crippen molar-refractivity contribution in [2.45, 2.75) is 47.0 Å². The van der Waals surface area contributed by atoms with E-state index >= 15 is 0 Å². The van der Waals surface area contributed by atoms with Gasteiger partial charge in [-0.15, -0.1) is 0 Å². The molecular formula is C36H40BN7NaO7. The van der Waals surface area contributed by atoms with Gasteiger partial charge in [0.25, 0.3) is 0 Å². The minimum Gasteiger partial charge on any atom is -0.793 e. The summed E-state index contributed by atoms with van der Waals surface area (Å²) < 4.78 is 3.61. The van der Waals surface area contributed by atoms with E-state index in [2.05, 4.69) is 52.3 Å². The number of hydrogen-bond acceptors (Lipinski definition) is 14. The fourth-order valence-electron chi connectivity index (χ4n) is 3.41. The molecule has 16 heteroatoms. The molecule has 0 bridgehead atoms. The average Bonchev–Trinajstić information content (AvgIpc) is 3.17. The Balaban J connectivity index is 0.000000718. The van der Waals surface area contributed by atoms with E-state index in [0.29, 0.717) is 12.2 Å². The summed E-state index contributed by atoms with van der Waals surface area (Å²) in [5.74, 6) is -1.74. The van der Waals surface area contributed by atoms with Gasteiger partial charge in [-0.05, 0) is 60.7 Å². The van der Waals surface area contributed by atoms with Crippen LogP contribution in [0.25, 0.3) is 0 Å². The second-order valence-electron chi connectivity index (χ2n) is 9.77. The molecule has 14 nitrogen and oxygen atoms in total. The molecule has 3 radical (unpaired) electrons. The zero-order valence-electron chi connectivity index (χ0n) is 29.6. The van der Waals surface area contributed by atoms with Crippen molar-refractivity contribution in [3.8, 4) is 0 Å². The van der Waals surface area contributed by atoms with Gasteiger partial charge >= 0.3 is 41.5 Å². The van der Waals surface area contributed by atoms with E-state index in [1.807, 2.05) is 91.4 Å². The molecule has 0 aliphatic heterocycles. The number of rotatable bonds is 8. The molecule has 0 atom stereocenters. The maximum absolute atomic E-state index is 9.94. The van der Waals surface area contributed by atoms with Gasteiger partial charge in [0.1, 0.15) is 5.69 Å². The molecule has 0 saturated carbocycles. The number of carbonyl (C=O) groups is 4. The van der Waals surface area contributed by atoms with Crippen LogP contribution in [0.1, 0.15) is 54.0 Å². The number of hydrogen-bond donors (Lipinski definition) is 1. The van der Waals surface area contributed by atoms with Crippen molar-refractivity contribution in [1.29, 1.82) is 0 Å². The van der Waals surface area contributed by atoms with Crippen LogP contribution in [-0.2, 0) is 55.0 Å². The third-order valence-corrected chi connectivity index (χ3v) is 5.52. The van der Waals surface area contributed by atoms with E-state index in [0.717, 1.165) is 62.5 Å². The first-order chi connectivity index (χ1) is 24.7. The zero-order chi connectivity index (χ0) is 37.5. The SMILES string of the molecule is CC(=O)OOC(C)=O.NCc1ccccn1.O=Cc1ccccn1.[B-]OC(C)=O.[Na+].c1ccc(CN(Cc2ccccn2)Cc2ccccn2)nc1. The Hall–Kier alpha value is -5.19. The summed E-state index contributed by atoms with van der Waals surface area (Å²) in [6.45, 7) is 6.36. The molecule has 0 spiro atoms. The van der Waals surface area contributed by atoms with Gasteiger partial charge in [0.2, 0.25) is 5.97 Å². The largest absolute Gasteiger partial charge is 1.00 e. The van der Waals surface area contributed by atoms with Gasteiger partial charge in [-0.1, -0.05) is 30.3 Å². The molecule has 0 aliphatic carbocycles. The second kappa shape index (κ2) is 30.6. The van der Waals surface area contributed by atoms with Gasteiger partial charge in [0.15, 0.2) is 6.29 Å². The van der Waals surface area contributed by atoms with Crippen LogP contribution in [-0.4, -0.2) is 62.1 Å². The molecule has 5 rings (SSSR count). The van der Waals surface area contributed by atoms with Crippen LogP contribution >= 0.6 is 0 Å². The maximum atomic E-state index is 9.94. The molecule has 0 aromatic carbocycles. The number of aromatic nitrogens is 5. The third-order valence-electron chi connectivity index (χ3n) is 5.52. The molecule has 265 valence electrons. The number of carbonyl (C=O) groups excluding carboxylic acids is 4. The summed E-state index contributed by atoms with van der Waals surface area (Å²) in [6.07, 6.45) is 9.53. The van der Waals surface area contributed by atoms with E-state index in [-0.39, 0.29) is 29.6 Å². The van der Waals surface area contributed by atoms with E-state index in [1.54, 1.807) is 30.6 Å². The van der Waals surface area contributed by atoms with Crippen molar-refractivity contribution in [1.82, 2.24) is 29.8 Å². The minimum absolute atomic E-state index is 0. The fourth-order valence-corrected chi connectivity index (χ4v) is 3.41. The Morgan fingerprint density at radius 1 is 0.596 bits per heavy atom. The summed E-state index contributed by atoms with van der Waals surface area (Å²) in [5.41, 5.74) is 9.85. The van der Waals surface area contributed by atoms with E-state index < -0.39 is 17.9 Å². The van der Waals surface area contributed by atoms with Crippen LogP contribution in [0.2, 0.25) is 0 Å². The number of nitrogens with zero attached hydrogens (tertiary/aromatic N) is 6. The molecular weight excluding hydrogens is 676 g/mol. The number of nitrogens with two attached hydrogens (primary N) is 1. The molecule has 0 fully saturated rings. The first-order valence-electron chi connectivity index (χ1n) is 15.3. The maximum Gasteiger partial charge on any atom is 1.00 e. The van der Waals surface area contributed by atoms with Gasteiger partial charge < -0.3 is 18.4 Å². The predicted molar refractivity (Wildman–Crippen MR) is 188 cm³/mol. The summed E-state index contributed by atoms with van der Waals surface area (Å²) in [5, 5.41) is 0. The smallest absolute Gasteiger partial charge is 0.793 e. The Kier molecular flexibility index (Phi) is 27.6. The second-order valence-corrected chi connectivity index (χ2v) is 9.77. The molecule has 5 aromatic rings. The first-order valence-corrected chi connectivity index (χ1v) is 15.3. The Labute approximate surface area is 326 Å². The van der Waals surface area contributed by atoms with Crippen molar-refractivity contribution in [3.05, 3.63) is 150 Å². The van der Waals surface area contributed by atoms with E-state index in [9.17, 15) is 19.2 Å². The summed E-state index contributed by atoms with van der Waals surface area (Å²) in [4.78, 5) is 70.0. The molecule has 0 aliphatic rings. The van der Waals surface area contributed by atoms with Crippen LogP contribution in [0.3, 0.4) is 0 Å². The van der Waals surface area contributed by atoms with Crippen LogP contribution in [0, 0.1) is 0 Å². The van der Waals surface area contributed by atoms with Crippen molar-refractivity contribution in [3.63, 3.8) is 0 Å². The van der Waals surface area contributed by atoms with Crippen molar-refractivity contribution in [2.75, 3.05) is 0 Å². The minimum atomic E-state index is -0.639. The van der Waals surface area contributed by atoms with Crippen molar-refractivity contribution in [2.24, 2.45) is 5.73 Å².